The van der Waals surface area contributed by atoms with E-state index in [9.17, 15) is 8.42 Å². The fraction of sp³-hybridized carbons (Fsp3) is 0.357. The zero-order chi connectivity index (χ0) is 15.3. The minimum Gasteiger partial charge on any atom is -0.477 e. The summed E-state index contributed by atoms with van der Waals surface area (Å²) >= 11 is 5.98. The Morgan fingerprint density at radius 2 is 2.14 bits per heavy atom. The van der Waals surface area contributed by atoms with Crippen molar-refractivity contribution in [3.8, 4) is 5.88 Å². The first-order chi connectivity index (χ1) is 10.6. The fourth-order valence-corrected chi connectivity index (χ4v) is 4.70. The highest BCUT2D eigenvalue weighted by Crippen LogP contribution is 2.37. The van der Waals surface area contributed by atoms with Crippen molar-refractivity contribution in [3.05, 3.63) is 35.0 Å². The van der Waals surface area contributed by atoms with Gasteiger partial charge in [-0.05, 0) is 30.2 Å². The number of nitrogens with zero attached hydrogens (tertiary/aromatic N) is 3. The van der Waals surface area contributed by atoms with Crippen LogP contribution in [0.1, 0.15) is 12.0 Å². The van der Waals surface area contributed by atoms with Crippen molar-refractivity contribution in [1.29, 1.82) is 0 Å². The van der Waals surface area contributed by atoms with E-state index in [0.29, 0.717) is 42.7 Å². The summed E-state index contributed by atoms with van der Waals surface area (Å²) in [6, 6.07) is 5.27. The van der Waals surface area contributed by atoms with E-state index < -0.39 is 10.0 Å². The van der Waals surface area contributed by atoms with E-state index in [-0.39, 0.29) is 4.90 Å². The van der Waals surface area contributed by atoms with E-state index in [1.807, 2.05) is 6.07 Å². The van der Waals surface area contributed by atoms with Crippen LogP contribution in [-0.4, -0.2) is 31.3 Å². The van der Waals surface area contributed by atoms with Crippen molar-refractivity contribution in [2.24, 2.45) is 0 Å². The number of anilines is 1. The zero-order valence-electron chi connectivity index (χ0n) is 11.7. The molecule has 3 heterocycles. The van der Waals surface area contributed by atoms with E-state index in [0.717, 1.165) is 12.0 Å². The first-order valence-corrected chi connectivity index (χ1v) is 8.89. The Morgan fingerprint density at radius 1 is 1.27 bits per heavy atom. The lowest BCUT2D eigenvalue weighted by Gasteiger charge is -2.21. The maximum Gasteiger partial charge on any atom is 0.271 e. The summed E-state index contributed by atoms with van der Waals surface area (Å²) in [6.07, 6.45) is 2.86. The first-order valence-electron chi connectivity index (χ1n) is 7.07. The van der Waals surface area contributed by atoms with E-state index in [4.69, 9.17) is 16.3 Å². The molecule has 22 heavy (non-hydrogen) atoms. The number of sulfonamides is 1. The number of hydrogen-bond acceptors (Lipinski definition) is 4. The van der Waals surface area contributed by atoms with Gasteiger partial charge in [-0.1, -0.05) is 11.6 Å². The van der Waals surface area contributed by atoms with Crippen LogP contribution in [0, 0.1) is 0 Å². The Kier molecular flexibility index (Phi) is 3.09. The second kappa shape index (κ2) is 4.89. The van der Waals surface area contributed by atoms with Gasteiger partial charge in [-0.25, -0.2) is 13.1 Å². The summed E-state index contributed by atoms with van der Waals surface area (Å²) in [7, 11) is -3.68. The van der Waals surface area contributed by atoms with Crippen LogP contribution in [0.15, 0.2) is 29.3 Å². The molecule has 0 fully saturated rings. The molecule has 0 saturated heterocycles. The van der Waals surface area contributed by atoms with E-state index >= 15 is 0 Å². The topological polar surface area (TPSA) is 64.4 Å². The maximum absolute atomic E-state index is 13.0. The van der Waals surface area contributed by atoms with Gasteiger partial charge in [-0.15, -0.1) is 0 Å². The third-order valence-corrected chi connectivity index (χ3v) is 6.01. The maximum atomic E-state index is 13.0. The highest BCUT2D eigenvalue weighted by Gasteiger charge is 2.35. The van der Waals surface area contributed by atoms with E-state index in [1.54, 1.807) is 16.8 Å². The lowest BCUT2D eigenvalue weighted by molar-refractivity contribution is 0.224. The number of aryl methyl sites for hydroxylation is 1. The third kappa shape index (κ3) is 1.99. The molecule has 0 amide bonds. The highest BCUT2D eigenvalue weighted by molar-refractivity contribution is 7.93. The SMILES string of the molecule is O=S(=O)(c1cnn2c1OCCC2)N1CCc2cc(Cl)ccc21. The Morgan fingerprint density at radius 3 is 3.00 bits per heavy atom. The Bertz CT molecular complexity index is 847. The standard InChI is InChI=1S/C14H14ClN3O3S/c15-11-2-3-12-10(8-11)4-6-18(12)22(19,20)13-9-16-17-5-1-7-21-14(13)17/h2-3,8-9H,1,4-7H2. The molecule has 2 aliphatic heterocycles. The molecule has 0 unspecified atom stereocenters. The zero-order valence-corrected chi connectivity index (χ0v) is 13.3. The third-order valence-electron chi connectivity index (χ3n) is 3.98. The van der Waals surface area contributed by atoms with Crippen molar-refractivity contribution in [3.63, 3.8) is 0 Å². The molecular weight excluding hydrogens is 326 g/mol. The van der Waals surface area contributed by atoms with Crippen molar-refractivity contribution < 1.29 is 13.2 Å². The molecule has 0 atom stereocenters. The molecule has 0 spiro atoms. The van der Waals surface area contributed by atoms with Crippen molar-refractivity contribution >= 4 is 27.3 Å². The van der Waals surface area contributed by atoms with Gasteiger partial charge >= 0.3 is 0 Å². The summed E-state index contributed by atoms with van der Waals surface area (Å²) in [6.45, 7) is 1.60. The molecule has 1 aromatic carbocycles. The first kappa shape index (κ1) is 13.9. The van der Waals surface area contributed by atoms with Gasteiger partial charge in [0.05, 0.1) is 18.5 Å². The quantitative estimate of drug-likeness (QED) is 0.840. The molecule has 0 saturated carbocycles. The van der Waals surface area contributed by atoms with Gasteiger partial charge in [-0.3, -0.25) is 4.31 Å². The highest BCUT2D eigenvalue weighted by atomic mass is 35.5. The average molecular weight is 340 g/mol. The number of aromatic nitrogens is 2. The molecule has 0 N–H and O–H groups in total. The van der Waals surface area contributed by atoms with Crippen molar-refractivity contribution in [2.45, 2.75) is 24.3 Å². The number of ether oxygens (including phenoxy) is 1. The molecule has 6 nitrogen and oxygen atoms in total. The molecule has 1 aromatic heterocycles. The molecular formula is C14H14ClN3O3S. The fourth-order valence-electron chi connectivity index (χ4n) is 2.93. The Balaban J connectivity index is 1.79. The average Bonchev–Trinajstić information content (AvgIpc) is 3.11. The van der Waals surface area contributed by atoms with E-state index in [1.165, 1.54) is 10.5 Å². The van der Waals surface area contributed by atoms with Gasteiger partial charge in [0.15, 0.2) is 4.90 Å². The smallest absolute Gasteiger partial charge is 0.271 e. The number of halogens is 1. The predicted octanol–water partition coefficient (Wildman–Crippen LogP) is 2.07. The van der Waals surface area contributed by atoms with Crippen LogP contribution in [0.3, 0.4) is 0 Å². The molecule has 0 bridgehead atoms. The number of benzene rings is 1. The van der Waals surface area contributed by atoms with Gasteiger partial charge < -0.3 is 4.74 Å². The summed E-state index contributed by atoms with van der Waals surface area (Å²) < 4.78 is 34.5. The number of hydrogen-bond donors (Lipinski definition) is 0. The molecule has 4 rings (SSSR count). The largest absolute Gasteiger partial charge is 0.477 e. The van der Waals surface area contributed by atoms with Crippen LogP contribution < -0.4 is 9.04 Å². The lowest BCUT2D eigenvalue weighted by Crippen LogP contribution is -2.29. The van der Waals surface area contributed by atoms with Crippen molar-refractivity contribution in [1.82, 2.24) is 9.78 Å². The summed E-state index contributed by atoms with van der Waals surface area (Å²) in [5.74, 6) is 0.341. The minimum atomic E-state index is -3.68. The van der Waals surface area contributed by atoms with Crippen LogP contribution in [-0.2, 0) is 23.0 Å². The van der Waals surface area contributed by atoms with Gasteiger partial charge in [0.25, 0.3) is 10.0 Å². The lowest BCUT2D eigenvalue weighted by atomic mass is 10.2. The molecule has 116 valence electrons. The van der Waals surface area contributed by atoms with E-state index in [2.05, 4.69) is 5.10 Å². The second-order valence-electron chi connectivity index (χ2n) is 5.34. The van der Waals surface area contributed by atoms with Gasteiger partial charge in [0.2, 0.25) is 5.88 Å². The molecule has 2 aromatic rings. The van der Waals surface area contributed by atoms with Gasteiger partial charge in [0, 0.05) is 24.5 Å². The molecule has 0 aliphatic carbocycles. The second-order valence-corrected chi connectivity index (χ2v) is 7.61. The van der Waals surface area contributed by atoms with Crippen LogP contribution in [0.2, 0.25) is 5.02 Å². The molecule has 2 aliphatic rings. The number of fused-ring (bicyclic) bond motifs is 2. The van der Waals surface area contributed by atoms with Crippen LogP contribution in [0.25, 0.3) is 0 Å². The Hall–Kier alpha value is -1.73. The minimum absolute atomic E-state index is 0.134. The summed E-state index contributed by atoms with van der Waals surface area (Å²) in [5.41, 5.74) is 1.62. The molecule has 0 radical (unpaired) electrons. The summed E-state index contributed by atoms with van der Waals surface area (Å²) in [4.78, 5) is 0.134. The van der Waals surface area contributed by atoms with Crippen LogP contribution >= 0.6 is 11.6 Å². The Labute approximate surface area is 133 Å². The predicted molar refractivity (Wildman–Crippen MR) is 82.0 cm³/mol. The monoisotopic (exact) mass is 339 g/mol. The van der Waals surface area contributed by atoms with Gasteiger partial charge in [-0.2, -0.15) is 5.10 Å². The summed E-state index contributed by atoms with van der Waals surface area (Å²) in [5, 5.41) is 4.74. The van der Waals surface area contributed by atoms with Gasteiger partial charge in [0.1, 0.15) is 0 Å². The van der Waals surface area contributed by atoms with Crippen LogP contribution in [0.4, 0.5) is 5.69 Å². The van der Waals surface area contributed by atoms with Crippen LogP contribution in [0.5, 0.6) is 5.88 Å². The normalized spacial score (nSPS) is 17.0. The molecule has 8 heteroatoms. The van der Waals surface area contributed by atoms with Crippen molar-refractivity contribution in [2.75, 3.05) is 17.5 Å². The number of rotatable bonds is 2.